The largest absolute Gasteiger partial charge is 0.481 e. The number of methoxy groups -OCH3 is 1. The highest BCUT2D eigenvalue weighted by molar-refractivity contribution is 6.23. The van der Waals surface area contributed by atoms with E-state index in [-0.39, 0.29) is 30.0 Å². The molecule has 6 heteroatoms. The summed E-state index contributed by atoms with van der Waals surface area (Å²) in [4.78, 5) is 34.9. The number of hydrogen-bond acceptors (Lipinski definition) is 5. The third-order valence-electron chi connectivity index (χ3n) is 3.29. The molecule has 0 aromatic rings. The van der Waals surface area contributed by atoms with Crippen molar-refractivity contribution in [1.82, 2.24) is 5.32 Å². The fraction of sp³-hybridized carbons (Fsp3) is 0.643. The Bertz CT molecular complexity index is 407. The molecule has 0 aliphatic heterocycles. The number of carbonyl (C=O) groups is 3. The van der Waals surface area contributed by atoms with Crippen molar-refractivity contribution < 1.29 is 24.2 Å². The number of carbonyl (C=O) groups excluding carboxylic acids is 2. The molecule has 20 heavy (non-hydrogen) atoms. The Labute approximate surface area is 118 Å². The highest BCUT2D eigenvalue weighted by Crippen LogP contribution is 2.25. The number of carboxylic acids is 1. The van der Waals surface area contributed by atoms with Crippen molar-refractivity contribution in [3.8, 4) is 0 Å². The van der Waals surface area contributed by atoms with E-state index in [0.29, 0.717) is 25.3 Å². The average Bonchev–Trinajstić information content (AvgIpc) is 2.40. The summed E-state index contributed by atoms with van der Waals surface area (Å²) in [5.41, 5.74) is 0.766. The Hall–Kier alpha value is -1.69. The van der Waals surface area contributed by atoms with Crippen LogP contribution in [0.15, 0.2) is 11.3 Å². The molecule has 0 atom stereocenters. The van der Waals surface area contributed by atoms with E-state index in [4.69, 9.17) is 9.84 Å². The van der Waals surface area contributed by atoms with Crippen LogP contribution in [0.2, 0.25) is 0 Å². The minimum Gasteiger partial charge on any atom is -0.481 e. The van der Waals surface area contributed by atoms with Gasteiger partial charge in [0.25, 0.3) is 0 Å². The third-order valence-corrected chi connectivity index (χ3v) is 3.29. The number of allylic oxidation sites excluding steroid dienone is 2. The first kappa shape index (κ1) is 16.4. The molecule has 0 aromatic carbocycles. The molecule has 0 aromatic heterocycles. The lowest BCUT2D eigenvalue weighted by Gasteiger charge is -2.21. The highest BCUT2D eigenvalue weighted by Gasteiger charge is 2.35. The zero-order chi connectivity index (χ0) is 15.1. The predicted octanol–water partition coefficient (Wildman–Crippen LogP) is 0.909. The van der Waals surface area contributed by atoms with E-state index >= 15 is 0 Å². The lowest BCUT2D eigenvalue weighted by molar-refractivity contribution is -0.146. The topological polar surface area (TPSA) is 92.7 Å². The summed E-state index contributed by atoms with van der Waals surface area (Å²) in [7, 11) is 1.61. The fourth-order valence-corrected chi connectivity index (χ4v) is 2.24. The van der Waals surface area contributed by atoms with Crippen molar-refractivity contribution in [3.05, 3.63) is 11.3 Å². The summed E-state index contributed by atoms with van der Waals surface area (Å²) < 4.78 is 4.93. The van der Waals surface area contributed by atoms with Gasteiger partial charge in [0.05, 0.1) is 11.5 Å². The second kappa shape index (κ2) is 7.79. The van der Waals surface area contributed by atoms with E-state index in [0.717, 1.165) is 6.42 Å². The van der Waals surface area contributed by atoms with Gasteiger partial charge in [-0.1, -0.05) is 6.92 Å². The molecule has 6 nitrogen and oxygen atoms in total. The lowest BCUT2D eigenvalue weighted by atomic mass is 9.82. The average molecular weight is 283 g/mol. The van der Waals surface area contributed by atoms with E-state index in [2.05, 4.69) is 5.32 Å². The smallest absolute Gasteiger partial charge is 0.307 e. The molecular formula is C14H21NO5. The van der Waals surface area contributed by atoms with E-state index in [1.54, 1.807) is 7.11 Å². The molecule has 0 heterocycles. The molecule has 1 saturated carbocycles. The Morgan fingerprint density at radius 2 is 1.95 bits per heavy atom. The number of ether oxygens (including phenoxy) is 1. The summed E-state index contributed by atoms with van der Waals surface area (Å²) in [5, 5.41) is 12.0. The Balaban J connectivity index is 2.79. The number of ketones is 2. The van der Waals surface area contributed by atoms with Gasteiger partial charge in [-0.15, -0.1) is 0 Å². The molecule has 1 fully saturated rings. The monoisotopic (exact) mass is 283 g/mol. The van der Waals surface area contributed by atoms with Gasteiger partial charge in [0.1, 0.15) is 0 Å². The molecule has 112 valence electrons. The van der Waals surface area contributed by atoms with Gasteiger partial charge in [-0.05, 0) is 12.8 Å². The lowest BCUT2D eigenvalue weighted by Crippen LogP contribution is -2.33. The van der Waals surface area contributed by atoms with Crippen molar-refractivity contribution in [1.29, 1.82) is 0 Å². The van der Waals surface area contributed by atoms with Crippen LogP contribution in [-0.4, -0.2) is 42.9 Å². The first-order valence-electron chi connectivity index (χ1n) is 6.76. The minimum absolute atomic E-state index is 0.0976. The summed E-state index contributed by atoms with van der Waals surface area (Å²) >= 11 is 0. The van der Waals surface area contributed by atoms with Gasteiger partial charge in [0.2, 0.25) is 0 Å². The molecule has 1 rings (SSSR count). The van der Waals surface area contributed by atoms with Gasteiger partial charge in [-0.3, -0.25) is 14.4 Å². The zero-order valence-electron chi connectivity index (χ0n) is 11.9. The van der Waals surface area contributed by atoms with Gasteiger partial charge in [0.15, 0.2) is 11.6 Å². The minimum atomic E-state index is -1.09. The molecule has 0 bridgehead atoms. The predicted molar refractivity (Wildman–Crippen MR) is 72.2 cm³/mol. The maximum Gasteiger partial charge on any atom is 0.307 e. The molecule has 0 amide bonds. The quantitative estimate of drug-likeness (QED) is 0.410. The maximum absolute atomic E-state index is 12.0. The second-order valence-corrected chi connectivity index (χ2v) is 4.77. The summed E-state index contributed by atoms with van der Waals surface area (Å²) in [5.74, 6) is -2.71. The van der Waals surface area contributed by atoms with Crippen LogP contribution < -0.4 is 5.32 Å². The first-order chi connectivity index (χ1) is 9.51. The van der Waals surface area contributed by atoms with Crippen LogP contribution in [0.4, 0.5) is 0 Å². The molecule has 0 saturated heterocycles. The number of nitrogens with one attached hydrogen (secondary N) is 1. The Kier molecular flexibility index (Phi) is 6.38. The van der Waals surface area contributed by atoms with Crippen LogP contribution in [0.1, 0.15) is 32.6 Å². The highest BCUT2D eigenvalue weighted by atomic mass is 16.5. The van der Waals surface area contributed by atoms with Crippen molar-refractivity contribution in [3.63, 3.8) is 0 Å². The van der Waals surface area contributed by atoms with Crippen LogP contribution >= 0.6 is 0 Å². The standard InChI is InChI=1S/C14H21NO5/c1-3-10(15-5-4-6-20-2)13-11(16)7-9(14(18)19)8-12(13)17/h9,15H,3-8H2,1-2H3,(H,18,19). The summed E-state index contributed by atoms with van der Waals surface area (Å²) in [6, 6.07) is 0. The number of aliphatic carboxylic acids is 1. The number of carboxylic acid groups (broad SMARTS) is 1. The number of hydrogen-bond donors (Lipinski definition) is 2. The van der Waals surface area contributed by atoms with Gasteiger partial charge in [0, 0.05) is 38.8 Å². The number of rotatable bonds is 7. The second-order valence-electron chi connectivity index (χ2n) is 4.77. The van der Waals surface area contributed by atoms with E-state index < -0.39 is 11.9 Å². The van der Waals surface area contributed by atoms with Gasteiger partial charge < -0.3 is 15.2 Å². The zero-order valence-corrected chi connectivity index (χ0v) is 11.9. The van der Waals surface area contributed by atoms with Gasteiger partial charge in [-0.2, -0.15) is 0 Å². The van der Waals surface area contributed by atoms with Gasteiger partial charge in [-0.25, -0.2) is 0 Å². The van der Waals surface area contributed by atoms with Gasteiger partial charge >= 0.3 is 5.97 Å². The van der Waals surface area contributed by atoms with Crippen LogP contribution in [-0.2, 0) is 19.1 Å². The van der Waals surface area contributed by atoms with E-state index in [9.17, 15) is 14.4 Å². The van der Waals surface area contributed by atoms with Crippen molar-refractivity contribution in [2.24, 2.45) is 5.92 Å². The normalized spacial score (nSPS) is 19.1. The maximum atomic E-state index is 12.0. The fourth-order valence-electron chi connectivity index (χ4n) is 2.24. The Morgan fingerprint density at radius 3 is 2.40 bits per heavy atom. The third kappa shape index (κ3) is 4.16. The van der Waals surface area contributed by atoms with E-state index in [1.807, 2.05) is 6.92 Å². The van der Waals surface area contributed by atoms with Crippen LogP contribution in [0.3, 0.4) is 0 Å². The van der Waals surface area contributed by atoms with Crippen molar-refractivity contribution >= 4 is 17.5 Å². The van der Waals surface area contributed by atoms with Crippen molar-refractivity contribution in [2.75, 3.05) is 20.3 Å². The molecular weight excluding hydrogens is 262 g/mol. The Morgan fingerprint density at radius 1 is 1.35 bits per heavy atom. The molecule has 2 N–H and O–H groups in total. The van der Waals surface area contributed by atoms with Crippen LogP contribution in [0.5, 0.6) is 0 Å². The van der Waals surface area contributed by atoms with Crippen LogP contribution in [0, 0.1) is 5.92 Å². The van der Waals surface area contributed by atoms with E-state index in [1.165, 1.54) is 0 Å². The molecule has 0 spiro atoms. The summed E-state index contributed by atoms with van der Waals surface area (Å²) in [6.45, 7) is 3.07. The molecule has 0 unspecified atom stereocenters. The van der Waals surface area contributed by atoms with Crippen LogP contribution in [0.25, 0.3) is 0 Å². The summed E-state index contributed by atoms with van der Waals surface area (Å²) in [6.07, 6.45) is 1.12. The first-order valence-corrected chi connectivity index (χ1v) is 6.76. The molecule has 0 radical (unpaired) electrons. The van der Waals surface area contributed by atoms with Crippen molar-refractivity contribution in [2.45, 2.75) is 32.6 Å². The molecule has 1 aliphatic rings. The number of Topliss-reactive ketones (excluding diaryl/α,β-unsaturated/α-hetero) is 2. The SMILES string of the molecule is CCC(NCCCOC)=C1C(=O)CC(C(=O)O)CC1=O. The molecule has 1 aliphatic carbocycles.